The van der Waals surface area contributed by atoms with E-state index in [0.717, 1.165) is 25.9 Å². The molecule has 1 aliphatic carbocycles. The lowest BCUT2D eigenvalue weighted by Crippen LogP contribution is -2.37. The predicted octanol–water partition coefficient (Wildman–Crippen LogP) is 2.02. The van der Waals surface area contributed by atoms with E-state index in [1.165, 1.54) is 19.3 Å². The van der Waals surface area contributed by atoms with Crippen LogP contribution in [0.1, 0.15) is 45.4 Å². The highest BCUT2D eigenvalue weighted by molar-refractivity contribution is 5.67. The van der Waals surface area contributed by atoms with Crippen molar-refractivity contribution < 1.29 is 9.90 Å². The number of carboxylic acid groups (broad SMARTS) is 1. The minimum Gasteiger partial charge on any atom is -0.481 e. The van der Waals surface area contributed by atoms with Crippen molar-refractivity contribution in [2.45, 2.75) is 45.4 Å². The molecule has 3 nitrogen and oxygen atoms in total. The van der Waals surface area contributed by atoms with E-state index in [1.54, 1.807) is 0 Å². The first-order chi connectivity index (χ1) is 6.68. The van der Waals surface area contributed by atoms with E-state index in [0.29, 0.717) is 6.42 Å². The van der Waals surface area contributed by atoms with Crippen molar-refractivity contribution in [3.8, 4) is 0 Å². The summed E-state index contributed by atoms with van der Waals surface area (Å²) >= 11 is 0. The minimum atomic E-state index is -0.648. The molecule has 0 bridgehead atoms. The summed E-state index contributed by atoms with van der Waals surface area (Å²) in [6, 6.07) is 0. The van der Waals surface area contributed by atoms with Gasteiger partial charge >= 0.3 is 5.97 Å². The number of nitrogens with one attached hydrogen (secondary N) is 1. The van der Waals surface area contributed by atoms with Gasteiger partial charge in [-0.3, -0.25) is 4.79 Å². The molecule has 82 valence electrons. The van der Waals surface area contributed by atoms with Crippen molar-refractivity contribution in [2.75, 3.05) is 13.1 Å². The third-order valence-corrected chi connectivity index (χ3v) is 3.19. The Kier molecular flexibility index (Phi) is 4.39. The first kappa shape index (κ1) is 11.5. The van der Waals surface area contributed by atoms with E-state index >= 15 is 0 Å². The Morgan fingerprint density at radius 2 is 2.00 bits per heavy atom. The maximum atomic E-state index is 10.8. The molecule has 1 fully saturated rings. The molecule has 0 aromatic carbocycles. The van der Waals surface area contributed by atoms with Gasteiger partial charge in [0.15, 0.2) is 0 Å². The van der Waals surface area contributed by atoms with Gasteiger partial charge in [0, 0.05) is 6.54 Å². The van der Waals surface area contributed by atoms with E-state index < -0.39 is 5.97 Å². The van der Waals surface area contributed by atoms with Gasteiger partial charge in [-0.05, 0) is 24.8 Å². The van der Waals surface area contributed by atoms with Crippen molar-refractivity contribution in [1.82, 2.24) is 5.32 Å². The molecule has 0 unspecified atom stereocenters. The van der Waals surface area contributed by atoms with E-state index in [2.05, 4.69) is 12.2 Å². The summed E-state index contributed by atoms with van der Waals surface area (Å²) in [7, 11) is 0. The summed E-state index contributed by atoms with van der Waals surface area (Å²) in [5.41, 5.74) is 0.0418. The summed E-state index contributed by atoms with van der Waals surface area (Å²) < 4.78 is 0. The fraction of sp³-hybridized carbons (Fsp3) is 0.909. The number of aliphatic carboxylic acids is 1. The Hall–Kier alpha value is -0.570. The van der Waals surface area contributed by atoms with Crippen LogP contribution in [0, 0.1) is 5.41 Å². The zero-order valence-electron chi connectivity index (χ0n) is 9.01. The molecule has 1 aliphatic rings. The topological polar surface area (TPSA) is 49.3 Å². The molecule has 0 heterocycles. The number of hydrogen-bond acceptors (Lipinski definition) is 2. The van der Waals surface area contributed by atoms with Gasteiger partial charge in [0.1, 0.15) is 0 Å². The summed E-state index contributed by atoms with van der Waals surface area (Å²) in [4.78, 5) is 10.8. The van der Waals surface area contributed by atoms with Crippen LogP contribution in [0.25, 0.3) is 0 Å². The third-order valence-electron chi connectivity index (χ3n) is 3.19. The Bertz CT molecular complexity index is 186. The quantitative estimate of drug-likeness (QED) is 0.712. The lowest BCUT2D eigenvalue weighted by atomic mass is 9.72. The highest BCUT2D eigenvalue weighted by atomic mass is 16.4. The fourth-order valence-corrected chi connectivity index (χ4v) is 2.43. The molecular weight excluding hydrogens is 178 g/mol. The molecule has 1 saturated carbocycles. The van der Waals surface area contributed by atoms with E-state index in [9.17, 15) is 4.79 Å². The maximum absolute atomic E-state index is 10.8. The second-order valence-corrected chi connectivity index (χ2v) is 4.41. The molecule has 0 amide bonds. The monoisotopic (exact) mass is 199 g/mol. The second-order valence-electron chi connectivity index (χ2n) is 4.41. The van der Waals surface area contributed by atoms with Gasteiger partial charge in [-0.25, -0.2) is 0 Å². The van der Waals surface area contributed by atoms with Crippen LogP contribution in [0.4, 0.5) is 0 Å². The van der Waals surface area contributed by atoms with Gasteiger partial charge in [0.05, 0.1) is 6.42 Å². The van der Waals surface area contributed by atoms with Gasteiger partial charge in [-0.15, -0.1) is 0 Å². The van der Waals surface area contributed by atoms with Gasteiger partial charge in [-0.2, -0.15) is 0 Å². The molecule has 14 heavy (non-hydrogen) atoms. The molecule has 2 N–H and O–H groups in total. The summed E-state index contributed by atoms with van der Waals surface area (Å²) in [5, 5.41) is 12.2. The molecule has 0 spiro atoms. The smallest absolute Gasteiger partial charge is 0.303 e. The van der Waals surface area contributed by atoms with E-state index in [1.807, 2.05) is 0 Å². The van der Waals surface area contributed by atoms with Crippen LogP contribution in [0.3, 0.4) is 0 Å². The second kappa shape index (κ2) is 5.35. The van der Waals surface area contributed by atoms with Crippen LogP contribution in [0.2, 0.25) is 0 Å². The predicted molar refractivity (Wildman–Crippen MR) is 56.3 cm³/mol. The molecule has 0 aromatic rings. The molecule has 0 aliphatic heterocycles. The zero-order valence-corrected chi connectivity index (χ0v) is 9.01. The summed E-state index contributed by atoms with van der Waals surface area (Å²) in [6.45, 7) is 3.87. The molecule has 0 aromatic heterocycles. The van der Waals surface area contributed by atoms with E-state index in [-0.39, 0.29) is 5.41 Å². The van der Waals surface area contributed by atoms with Crippen LogP contribution in [0.15, 0.2) is 0 Å². The van der Waals surface area contributed by atoms with Crippen LogP contribution in [-0.2, 0) is 4.79 Å². The van der Waals surface area contributed by atoms with Gasteiger partial charge < -0.3 is 10.4 Å². The first-order valence-corrected chi connectivity index (χ1v) is 5.61. The Balaban J connectivity index is 2.52. The summed E-state index contributed by atoms with van der Waals surface area (Å²) in [5.74, 6) is -0.648. The lowest BCUT2D eigenvalue weighted by Gasteiger charge is -2.36. The molecule has 1 rings (SSSR count). The van der Waals surface area contributed by atoms with Gasteiger partial charge in [0.25, 0.3) is 0 Å². The first-order valence-electron chi connectivity index (χ1n) is 5.61. The van der Waals surface area contributed by atoms with Gasteiger partial charge in [0.2, 0.25) is 0 Å². The van der Waals surface area contributed by atoms with Crippen LogP contribution in [-0.4, -0.2) is 24.2 Å². The Morgan fingerprint density at radius 3 is 2.50 bits per heavy atom. The van der Waals surface area contributed by atoms with Crippen molar-refractivity contribution in [1.29, 1.82) is 0 Å². The molecule has 0 atom stereocenters. The van der Waals surface area contributed by atoms with E-state index in [4.69, 9.17) is 5.11 Å². The lowest BCUT2D eigenvalue weighted by molar-refractivity contribution is -0.140. The number of carboxylic acids is 1. The van der Waals surface area contributed by atoms with Crippen LogP contribution < -0.4 is 5.32 Å². The van der Waals surface area contributed by atoms with Gasteiger partial charge in [-0.1, -0.05) is 26.2 Å². The minimum absolute atomic E-state index is 0.0418. The normalized spacial score (nSPS) is 20.6. The Labute approximate surface area is 85.9 Å². The zero-order chi connectivity index (χ0) is 10.4. The van der Waals surface area contributed by atoms with Crippen LogP contribution in [0.5, 0.6) is 0 Å². The highest BCUT2D eigenvalue weighted by Crippen LogP contribution is 2.38. The molecule has 0 radical (unpaired) electrons. The fourth-order valence-electron chi connectivity index (χ4n) is 2.43. The molecule has 0 saturated heterocycles. The highest BCUT2D eigenvalue weighted by Gasteiger charge is 2.33. The number of carbonyl (C=O) groups is 1. The molecule has 3 heteroatoms. The average molecular weight is 199 g/mol. The standard InChI is InChI=1S/C11H21NO2/c1-2-12-9-11(8-10(13)14)6-4-3-5-7-11/h12H,2-9H2,1H3,(H,13,14). The SMILES string of the molecule is CCNCC1(CC(=O)O)CCCCC1. The largest absolute Gasteiger partial charge is 0.481 e. The van der Waals surface area contributed by atoms with Crippen LogP contribution >= 0.6 is 0 Å². The average Bonchev–Trinajstić information content (AvgIpc) is 2.15. The maximum Gasteiger partial charge on any atom is 0.303 e. The Morgan fingerprint density at radius 1 is 1.36 bits per heavy atom. The van der Waals surface area contributed by atoms with Crippen molar-refractivity contribution >= 4 is 5.97 Å². The third kappa shape index (κ3) is 3.29. The molecular formula is C11H21NO2. The van der Waals surface area contributed by atoms with Crippen molar-refractivity contribution in [2.24, 2.45) is 5.41 Å². The number of rotatable bonds is 5. The van der Waals surface area contributed by atoms with Crippen molar-refractivity contribution in [3.63, 3.8) is 0 Å². The number of hydrogen-bond donors (Lipinski definition) is 2. The van der Waals surface area contributed by atoms with Crippen molar-refractivity contribution in [3.05, 3.63) is 0 Å². The summed E-state index contributed by atoms with van der Waals surface area (Å²) in [6.07, 6.45) is 6.14.